The third-order valence-corrected chi connectivity index (χ3v) is 6.54. The van der Waals surface area contributed by atoms with E-state index in [0.717, 1.165) is 58.3 Å². The van der Waals surface area contributed by atoms with Crippen LogP contribution in [0.5, 0.6) is 0 Å². The molecule has 3 saturated heterocycles. The van der Waals surface area contributed by atoms with Crippen LogP contribution in [-0.2, 0) is 19.0 Å². The molecule has 3 heterocycles. The van der Waals surface area contributed by atoms with Gasteiger partial charge in [-0.25, -0.2) is 0 Å². The molecule has 0 unspecified atom stereocenters. The van der Waals surface area contributed by atoms with E-state index in [4.69, 9.17) is 14.2 Å². The molecule has 0 aromatic carbocycles. The first-order chi connectivity index (χ1) is 12.8. The first-order valence-corrected chi connectivity index (χ1v) is 10.7. The Balaban J connectivity index is 1.26. The summed E-state index contributed by atoms with van der Waals surface area (Å²) >= 11 is 0. The second-order valence-corrected chi connectivity index (χ2v) is 8.36. The van der Waals surface area contributed by atoms with Crippen molar-refractivity contribution in [3.8, 4) is 0 Å². The Morgan fingerprint density at radius 1 is 1.04 bits per heavy atom. The molecule has 0 aromatic heterocycles. The lowest BCUT2D eigenvalue weighted by Gasteiger charge is -2.34. The largest absolute Gasteiger partial charge is 0.381 e. The molecule has 0 bridgehead atoms. The van der Waals surface area contributed by atoms with E-state index in [-0.39, 0.29) is 23.8 Å². The molecule has 1 spiro atoms. The highest BCUT2D eigenvalue weighted by atomic mass is 16.7. The van der Waals surface area contributed by atoms with E-state index in [1.165, 1.54) is 25.7 Å². The third kappa shape index (κ3) is 4.24. The predicted octanol–water partition coefficient (Wildman–Crippen LogP) is 2.21. The van der Waals surface area contributed by atoms with E-state index in [1.807, 2.05) is 0 Å². The van der Waals surface area contributed by atoms with Crippen molar-refractivity contribution in [2.75, 3.05) is 32.9 Å². The zero-order valence-corrected chi connectivity index (χ0v) is 15.9. The second kappa shape index (κ2) is 8.55. The minimum Gasteiger partial charge on any atom is -0.381 e. The van der Waals surface area contributed by atoms with Gasteiger partial charge in [-0.05, 0) is 45.1 Å². The Hall–Kier alpha value is -0.690. The Bertz CT molecular complexity index is 472. The second-order valence-electron chi connectivity index (χ2n) is 8.36. The number of amides is 1. The number of nitrogens with zero attached hydrogens (tertiary/aromatic N) is 1. The molecule has 0 aromatic rings. The molecular formula is C20H34N2O4. The number of carbonyl (C=O) groups is 1. The Morgan fingerprint density at radius 2 is 1.81 bits per heavy atom. The number of carbonyl (C=O) groups excluding carboxylic acids is 1. The lowest BCUT2D eigenvalue weighted by atomic mass is 10.1. The van der Waals surface area contributed by atoms with Crippen molar-refractivity contribution in [1.82, 2.24) is 10.2 Å². The van der Waals surface area contributed by atoms with Crippen LogP contribution in [0.15, 0.2) is 0 Å². The molecule has 3 aliphatic heterocycles. The lowest BCUT2D eigenvalue weighted by Crippen LogP contribution is -2.50. The maximum atomic E-state index is 12.8. The van der Waals surface area contributed by atoms with Crippen molar-refractivity contribution in [3.63, 3.8) is 0 Å². The molecule has 1 saturated carbocycles. The van der Waals surface area contributed by atoms with E-state index in [9.17, 15) is 4.79 Å². The van der Waals surface area contributed by atoms with Gasteiger partial charge in [0.25, 0.3) is 0 Å². The van der Waals surface area contributed by atoms with Gasteiger partial charge in [-0.1, -0.05) is 12.8 Å². The van der Waals surface area contributed by atoms with E-state index >= 15 is 0 Å². The average molecular weight is 367 g/mol. The highest BCUT2D eigenvalue weighted by molar-refractivity contribution is 5.82. The van der Waals surface area contributed by atoms with E-state index < -0.39 is 0 Å². The summed E-state index contributed by atoms with van der Waals surface area (Å²) in [6.45, 7) is 3.86. The minimum absolute atomic E-state index is 0.00464. The molecule has 1 amide bonds. The highest BCUT2D eigenvalue weighted by Crippen LogP contribution is 2.36. The molecule has 6 heteroatoms. The molecule has 4 fully saturated rings. The van der Waals surface area contributed by atoms with Crippen LogP contribution >= 0.6 is 0 Å². The van der Waals surface area contributed by atoms with Crippen molar-refractivity contribution < 1.29 is 19.0 Å². The summed E-state index contributed by atoms with van der Waals surface area (Å²) in [6.07, 6.45) is 11.1. The molecule has 148 valence electrons. The maximum absolute atomic E-state index is 12.8. The van der Waals surface area contributed by atoms with Gasteiger partial charge in [0.2, 0.25) is 5.91 Å². The van der Waals surface area contributed by atoms with Crippen LogP contribution in [0.2, 0.25) is 0 Å². The van der Waals surface area contributed by atoms with E-state index in [0.29, 0.717) is 19.2 Å². The van der Waals surface area contributed by atoms with Crippen LogP contribution in [0.4, 0.5) is 0 Å². The SMILES string of the molecule is O=C(NC[C@@H]1COC2(CCCCCC2)O1)[C@@H]1CCCN1C1CCOCC1. The van der Waals surface area contributed by atoms with Gasteiger partial charge >= 0.3 is 0 Å². The zero-order valence-electron chi connectivity index (χ0n) is 15.9. The van der Waals surface area contributed by atoms with Gasteiger partial charge in [0.05, 0.1) is 12.6 Å². The molecule has 1 N–H and O–H groups in total. The molecule has 6 nitrogen and oxygen atoms in total. The summed E-state index contributed by atoms with van der Waals surface area (Å²) in [5.74, 6) is -0.202. The van der Waals surface area contributed by atoms with Gasteiger partial charge in [-0.2, -0.15) is 0 Å². The monoisotopic (exact) mass is 366 g/mol. The molecule has 2 atom stereocenters. The van der Waals surface area contributed by atoms with Gasteiger partial charge in [-0.15, -0.1) is 0 Å². The van der Waals surface area contributed by atoms with Crippen LogP contribution in [-0.4, -0.2) is 67.7 Å². The number of ether oxygens (including phenoxy) is 3. The topological polar surface area (TPSA) is 60.0 Å². The summed E-state index contributed by atoms with van der Waals surface area (Å²) in [7, 11) is 0. The van der Waals surface area contributed by atoms with Gasteiger partial charge in [-0.3, -0.25) is 9.69 Å². The predicted molar refractivity (Wildman–Crippen MR) is 97.8 cm³/mol. The highest BCUT2D eigenvalue weighted by Gasteiger charge is 2.42. The molecule has 0 radical (unpaired) electrons. The minimum atomic E-state index is -0.368. The van der Waals surface area contributed by atoms with Crippen LogP contribution in [0.1, 0.15) is 64.2 Å². The summed E-state index contributed by atoms with van der Waals surface area (Å²) in [6, 6.07) is 0.523. The first kappa shape index (κ1) is 18.7. The smallest absolute Gasteiger partial charge is 0.237 e. The molecule has 4 aliphatic rings. The van der Waals surface area contributed by atoms with Crippen molar-refractivity contribution in [2.24, 2.45) is 0 Å². The first-order valence-electron chi connectivity index (χ1n) is 10.7. The normalized spacial score (nSPS) is 33.4. The Kier molecular flexibility index (Phi) is 6.14. The third-order valence-electron chi connectivity index (χ3n) is 6.54. The van der Waals surface area contributed by atoms with Gasteiger partial charge in [0.1, 0.15) is 6.10 Å². The van der Waals surface area contributed by atoms with Crippen LogP contribution in [0.3, 0.4) is 0 Å². The molecule has 1 aliphatic carbocycles. The summed E-state index contributed by atoms with van der Waals surface area (Å²) < 4.78 is 17.8. The van der Waals surface area contributed by atoms with Gasteiger partial charge < -0.3 is 19.5 Å². The van der Waals surface area contributed by atoms with Crippen molar-refractivity contribution in [1.29, 1.82) is 0 Å². The number of nitrogens with one attached hydrogen (secondary N) is 1. The number of hydrogen-bond acceptors (Lipinski definition) is 5. The average Bonchev–Trinajstić information content (AvgIpc) is 3.25. The number of likely N-dealkylation sites (tertiary alicyclic amines) is 1. The van der Waals surface area contributed by atoms with E-state index in [2.05, 4.69) is 10.2 Å². The fourth-order valence-corrected chi connectivity index (χ4v) is 5.10. The number of rotatable bonds is 4. The summed E-state index contributed by atoms with van der Waals surface area (Å²) in [5.41, 5.74) is 0. The van der Waals surface area contributed by atoms with Crippen molar-refractivity contribution in [2.45, 2.75) is 88.2 Å². The maximum Gasteiger partial charge on any atom is 0.237 e. The lowest BCUT2D eigenvalue weighted by molar-refractivity contribution is -0.175. The summed E-state index contributed by atoms with van der Waals surface area (Å²) in [5, 5.41) is 3.16. The Labute approximate surface area is 156 Å². The van der Waals surface area contributed by atoms with Gasteiger partial charge in [0.15, 0.2) is 5.79 Å². The Morgan fingerprint density at radius 3 is 2.58 bits per heavy atom. The fraction of sp³-hybridized carbons (Fsp3) is 0.950. The van der Waals surface area contributed by atoms with Crippen LogP contribution < -0.4 is 5.32 Å². The van der Waals surface area contributed by atoms with Gasteiger partial charge in [0, 0.05) is 38.6 Å². The standard InChI is InChI=1S/C20H34N2O4/c23-19(18-6-5-11-22(18)16-7-12-24-13-8-16)21-14-17-15-25-20(26-17)9-3-1-2-4-10-20/h16-18H,1-15H2,(H,21,23)/t17-,18+/m1/s1. The zero-order chi connectivity index (χ0) is 17.8. The van der Waals surface area contributed by atoms with E-state index in [1.54, 1.807) is 0 Å². The van der Waals surface area contributed by atoms with Crippen LogP contribution in [0, 0.1) is 0 Å². The molecule has 4 rings (SSSR count). The quantitative estimate of drug-likeness (QED) is 0.827. The molecular weight excluding hydrogens is 332 g/mol. The van der Waals surface area contributed by atoms with Crippen LogP contribution in [0.25, 0.3) is 0 Å². The van der Waals surface area contributed by atoms with Crippen molar-refractivity contribution >= 4 is 5.91 Å². The molecule has 26 heavy (non-hydrogen) atoms. The fourth-order valence-electron chi connectivity index (χ4n) is 5.10. The number of hydrogen-bond donors (Lipinski definition) is 1. The van der Waals surface area contributed by atoms with Crippen molar-refractivity contribution in [3.05, 3.63) is 0 Å². The summed E-state index contributed by atoms with van der Waals surface area (Å²) in [4.78, 5) is 15.2.